The first kappa shape index (κ1) is 12.2. The number of carbonyl (C=O) groups is 1. The lowest BCUT2D eigenvalue weighted by Crippen LogP contribution is -2.30. The van der Waals surface area contributed by atoms with E-state index >= 15 is 0 Å². The van der Waals surface area contributed by atoms with Crippen LogP contribution in [0.1, 0.15) is 12.8 Å². The first-order valence-electron chi connectivity index (χ1n) is 6.60. The molecule has 1 aromatic heterocycles. The van der Waals surface area contributed by atoms with Crippen molar-refractivity contribution in [2.24, 2.45) is 0 Å². The van der Waals surface area contributed by atoms with E-state index in [1.54, 1.807) is 11.2 Å². The molecule has 0 bridgehead atoms. The molecule has 3 rings (SSSR count). The highest BCUT2D eigenvalue weighted by molar-refractivity contribution is 5.77. The standard InChI is InChI=1S/C14H17N3O2/c18-11-5-7-16(9-11)14(19)6-8-17-10-15-12-3-1-2-4-13(12)17/h1-4,10-11,18H,5-9H2. The molecule has 2 aromatic rings. The number of para-hydroxylation sites is 2. The molecule has 0 aliphatic carbocycles. The number of aryl methyl sites for hydroxylation is 1. The van der Waals surface area contributed by atoms with Crippen molar-refractivity contribution >= 4 is 16.9 Å². The molecule has 0 saturated carbocycles. The summed E-state index contributed by atoms with van der Waals surface area (Å²) in [6.07, 6.45) is 2.57. The van der Waals surface area contributed by atoms with Crippen LogP contribution in [0.25, 0.3) is 11.0 Å². The van der Waals surface area contributed by atoms with E-state index < -0.39 is 0 Å². The van der Waals surface area contributed by atoms with Crippen molar-refractivity contribution in [3.63, 3.8) is 0 Å². The first-order chi connectivity index (χ1) is 9.24. The maximum Gasteiger partial charge on any atom is 0.224 e. The van der Waals surface area contributed by atoms with E-state index in [9.17, 15) is 9.90 Å². The van der Waals surface area contributed by atoms with Crippen LogP contribution in [-0.4, -0.2) is 44.7 Å². The molecule has 1 N–H and O–H groups in total. The Morgan fingerprint density at radius 3 is 3.05 bits per heavy atom. The molecular formula is C14H17N3O2. The Bertz CT molecular complexity index is 593. The molecule has 1 aliphatic heterocycles. The number of nitrogens with zero attached hydrogens (tertiary/aromatic N) is 3. The van der Waals surface area contributed by atoms with Gasteiger partial charge in [0.2, 0.25) is 5.91 Å². The first-order valence-corrected chi connectivity index (χ1v) is 6.60. The molecule has 0 spiro atoms. The van der Waals surface area contributed by atoms with Crippen molar-refractivity contribution in [1.82, 2.24) is 14.5 Å². The van der Waals surface area contributed by atoms with Crippen LogP contribution >= 0.6 is 0 Å². The van der Waals surface area contributed by atoms with Crippen LogP contribution in [-0.2, 0) is 11.3 Å². The fourth-order valence-electron chi connectivity index (χ4n) is 2.53. The van der Waals surface area contributed by atoms with Crippen LogP contribution in [0.4, 0.5) is 0 Å². The van der Waals surface area contributed by atoms with Gasteiger partial charge in [-0.3, -0.25) is 4.79 Å². The Labute approximate surface area is 111 Å². The van der Waals surface area contributed by atoms with Gasteiger partial charge in [-0.15, -0.1) is 0 Å². The molecule has 5 nitrogen and oxygen atoms in total. The molecule has 1 saturated heterocycles. The summed E-state index contributed by atoms with van der Waals surface area (Å²) in [6, 6.07) is 7.90. The molecule has 1 aliphatic rings. The van der Waals surface area contributed by atoms with Crippen molar-refractivity contribution in [2.75, 3.05) is 13.1 Å². The van der Waals surface area contributed by atoms with Crippen LogP contribution in [0.15, 0.2) is 30.6 Å². The van der Waals surface area contributed by atoms with Gasteiger partial charge in [0.05, 0.1) is 23.5 Å². The Hall–Kier alpha value is -1.88. The minimum Gasteiger partial charge on any atom is -0.391 e. The third-order valence-electron chi connectivity index (χ3n) is 3.61. The Kier molecular flexibility index (Phi) is 3.21. The monoisotopic (exact) mass is 259 g/mol. The second-order valence-electron chi connectivity index (χ2n) is 4.96. The highest BCUT2D eigenvalue weighted by Gasteiger charge is 2.24. The molecule has 2 heterocycles. The number of hydrogen-bond donors (Lipinski definition) is 1. The molecule has 1 unspecified atom stereocenters. The smallest absolute Gasteiger partial charge is 0.224 e. The van der Waals surface area contributed by atoms with Crippen LogP contribution in [0.5, 0.6) is 0 Å². The summed E-state index contributed by atoms with van der Waals surface area (Å²) < 4.78 is 2.00. The third-order valence-corrected chi connectivity index (χ3v) is 3.61. The van der Waals surface area contributed by atoms with E-state index in [4.69, 9.17) is 0 Å². The summed E-state index contributed by atoms with van der Waals surface area (Å²) in [5.74, 6) is 0.106. The minimum atomic E-state index is -0.349. The van der Waals surface area contributed by atoms with Gasteiger partial charge in [0.15, 0.2) is 0 Å². The van der Waals surface area contributed by atoms with Crippen molar-refractivity contribution in [3.05, 3.63) is 30.6 Å². The molecule has 1 atom stereocenters. The minimum absolute atomic E-state index is 0.106. The van der Waals surface area contributed by atoms with E-state index in [-0.39, 0.29) is 12.0 Å². The Morgan fingerprint density at radius 2 is 2.26 bits per heavy atom. The molecule has 1 fully saturated rings. The zero-order chi connectivity index (χ0) is 13.2. The number of hydrogen-bond acceptors (Lipinski definition) is 3. The average Bonchev–Trinajstić information content (AvgIpc) is 3.02. The van der Waals surface area contributed by atoms with E-state index in [1.165, 1.54) is 0 Å². The Balaban J connectivity index is 1.64. The maximum atomic E-state index is 12.0. The third kappa shape index (κ3) is 2.46. The van der Waals surface area contributed by atoms with Gasteiger partial charge in [0.1, 0.15) is 0 Å². The number of likely N-dealkylation sites (tertiary alicyclic amines) is 1. The fraction of sp³-hybridized carbons (Fsp3) is 0.429. The SMILES string of the molecule is O=C(CCn1cnc2ccccc21)N1CCC(O)C1. The molecule has 1 amide bonds. The number of carbonyl (C=O) groups excluding carboxylic acids is 1. The van der Waals surface area contributed by atoms with Gasteiger partial charge >= 0.3 is 0 Å². The predicted octanol–water partition coefficient (Wildman–Crippen LogP) is 1.02. The number of aromatic nitrogens is 2. The number of imidazole rings is 1. The largest absolute Gasteiger partial charge is 0.391 e. The molecule has 0 radical (unpaired) electrons. The van der Waals surface area contributed by atoms with E-state index in [2.05, 4.69) is 4.98 Å². The second kappa shape index (κ2) is 5.01. The van der Waals surface area contributed by atoms with Crippen molar-refractivity contribution < 1.29 is 9.90 Å². The molecule has 100 valence electrons. The molecule has 19 heavy (non-hydrogen) atoms. The summed E-state index contributed by atoms with van der Waals surface area (Å²) >= 11 is 0. The van der Waals surface area contributed by atoms with Crippen LogP contribution < -0.4 is 0 Å². The van der Waals surface area contributed by atoms with Crippen LogP contribution in [0, 0.1) is 0 Å². The van der Waals surface area contributed by atoms with Gasteiger partial charge in [0.25, 0.3) is 0 Å². The summed E-state index contributed by atoms with van der Waals surface area (Å²) in [4.78, 5) is 18.0. The number of benzene rings is 1. The van der Waals surface area contributed by atoms with Crippen molar-refractivity contribution in [2.45, 2.75) is 25.5 Å². The molecule has 1 aromatic carbocycles. The zero-order valence-corrected chi connectivity index (χ0v) is 10.7. The summed E-state index contributed by atoms with van der Waals surface area (Å²) in [5, 5.41) is 9.43. The lowest BCUT2D eigenvalue weighted by atomic mass is 10.3. The van der Waals surface area contributed by atoms with Gasteiger partial charge in [-0.05, 0) is 18.6 Å². The highest BCUT2D eigenvalue weighted by Crippen LogP contribution is 2.14. The zero-order valence-electron chi connectivity index (χ0n) is 10.7. The predicted molar refractivity (Wildman–Crippen MR) is 71.6 cm³/mol. The fourth-order valence-corrected chi connectivity index (χ4v) is 2.53. The lowest BCUT2D eigenvalue weighted by Gasteiger charge is -2.15. The number of amides is 1. The second-order valence-corrected chi connectivity index (χ2v) is 4.96. The maximum absolute atomic E-state index is 12.0. The van der Waals surface area contributed by atoms with Gasteiger partial charge in [-0.1, -0.05) is 12.1 Å². The van der Waals surface area contributed by atoms with E-state index in [0.717, 1.165) is 11.0 Å². The topological polar surface area (TPSA) is 58.4 Å². The normalized spacial score (nSPS) is 19.2. The average molecular weight is 259 g/mol. The van der Waals surface area contributed by atoms with Gasteiger partial charge in [-0.25, -0.2) is 4.98 Å². The van der Waals surface area contributed by atoms with E-state index in [1.807, 2.05) is 28.8 Å². The quantitative estimate of drug-likeness (QED) is 0.895. The van der Waals surface area contributed by atoms with Gasteiger partial charge < -0.3 is 14.6 Å². The summed E-state index contributed by atoms with van der Waals surface area (Å²) in [5.41, 5.74) is 2.00. The van der Waals surface area contributed by atoms with Crippen LogP contribution in [0.3, 0.4) is 0 Å². The van der Waals surface area contributed by atoms with Crippen molar-refractivity contribution in [1.29, 1.82) is 0 Å². The number of fused-ring (bicyclic) bond motifs is 1. The Morgan fingerprint density at radius 1 is 1.42 bits per heavy atom. The molecule has 5 heteroatoms. The number of aliphatic hydroxyl groups excluding tert-OH is 1. The van der Waals surface area contributed by atoms with Crippen LogP contribution in [0.2, 0.25) is 0 Å². The highest BCUT2D eigenvalue weighted by atomic mass is 16.3. The molecular weight excluding hydrogens is 242 g/mol. The van der Waals surface area contributed by atoms with Gasteiger partial charge in [-0.2, -0.15) is 0 Å². The summed E-state index contributed by atoms with van der Waals surface area (Å²) in [7, 11) is 0. The number of rotatable bonds is 3. The number of aliphatic hydroxyl groups is 1. The van der Waals surface area contributed by atoms with E-state index in [0.29, 0.717) is 32.5 Å². The van der Waals surface area contributed by atoms with Crippen molar-refractivity contribution in [3.8, 4) is 0 Å². The van der Waals surface area contributed by atoms with Gasteiger partial charge in [0, 0.05) is 26.1 Å². The summed E-state index contributed by atoms with van der Waals surface area (Å²) in [6.45, 7) is 1.78. The lowest BCUT2D eigenvalue weighted by molar-refractivity contribution is -0.130. The number of β-amino-alcohol motifs (C(OH)–C–C–N with tert-alkyl or cyclic N) is 1.